The zero-order valence-corrected chi connectivity index (χ0v) is 11.4. The van der Waals surface area contributed by atoms with Crippen LogP contribution >= 0.6 is 0 Å². The molecule has 0 saturated carbocycles. The van der Waals surface area contributed by atoms with E-state index in [9.17, 15) is 15.3 Å². The van der Waals surface area contributed by atoms with Gasteiger partial charge in [-0.3, -0.25) is 0 Å². The second-order valence-corrected chi connectivity index (χ2v) is 4.98. The Bertz CT molecular complexity index is 235. The normalized spacial score (nSPS) is 35.5. The molecule has 1 saturated heterocycles. The average molecular weight is 278 g/mol. The van der Waals surface area contributed by atoms with Crippen molar-refractivity contribution < 1.29 is 29.9 Å². The summed E-state index contributed by atoms with van der Waals surface area (Å²) in [5, 5.41) is 37.9. The van der Waals surface area contributed by atoms with E-state index < -0.39 is 37.3 Å². The Labute approximate surface area is 114 Å². The van der Waals surface area contributed by atoms with Gasteiger partial charge in [-0.2, -0.15) is 0 Å². The predicted octanol–water partition coefficient (Wildman–Crippen LogP) is -0.227. The Kier molecular flexibility index (Phi) is 7.82. The van der Waals surface area contributed by atoms with Gasteiger partial charge in [0.25, 0.3) is 0 Å². The predicted molar refractivity (Wildman–Crippen MR) is 68.5 cm³/mol. The molecule has 114 valence electrons. The van der Waals surface area contributed by atoms with Crippen molar-refractivity contribution in [3.8, 4) is 0 Å². The molecule has 5 atom stereocenters. The maximum atomic E-state index is 9.72. The van der Waals surface area contributed by atoms with Gasteiger partial charge in [-0.25, -0.2) is 0 Å². The molecule has 0 aliphatic carbocycles. The summed E-state index contributed by atoms with van der Waals surface area (Å²) in [4.78, 5) is 0. The third-order valence-corrected chi connectivity index (χ3v) is 3.38. The molecule has 0 aromatic rings. The van der Waals surface area contributed by atoms with Crippen LogP contribution in [-0.4, -0.2) is 64.3 Å². The molecule has 2 unspecified atom stereocenters. The van der Waals surface area contributed by atoms with Crippen LogP contribution < -0.4 is 0 Å². The van der Waals surface area contributed by atoms with E-state index in [4.69, 9.17) is 14.6 Å². The summed E-state index contributed by atoms with van der Waals surface area (Å²) in [6.45, 7) is 2.14. The average Bonchev–Trinajstić information content (AvgIpc) is 2.42. The summed E-state index contributed by atoms with van der Waals surface area (Å²) in [6.07, 6.45) is -0.471. The van der Waals surface area contributed by atoms with E-state index in [1.54, 1.807) is 0 Å². The summed E-state index contributed by atoms with van der Waals surface area (Å²) in [7, 11) is 0. The summed E-state index contributed by atoms with van der Waals surface area (Å²) in [5.41, 5.74) is 0. The monoisotopic (exact) mass is 278 g/mol. The zero-order valence-electron chi connectivity index (χ0n) is 11.4. The molecule has 0 aromatic carbocycles. The Morgan fingerprint density at radius 2 is 1.63 bits per heavy atom. The van der Waals surface area contributed by atoms with Crippen LogP contribution in [0.5, 0.6) is 0 Å². The molecule has 0 radical (unpaired) electrons. The lowest BCUT2D eigenvalue weighted by molar-refractivity contribution is -0.301. The third kappa shape index (κ3) is 4.98. The van der Waals surface area contributed by atoms with Crippen LogP contribution in [0.2, 0.25) is 0 Å². The summed E-state index contributed by atoms with van der Waals surface area (Å²) in [5.74, 6) is 0. The van der Waals surface area contributed by atoms with Crippen molar-refractivity contribution in [1.29, 1.82) is 0 Å². The molecule has 1 heterocycles. The van der Waals surface area contributed by atoms with Crippen LogP contribution in [-0.2, 0) is 9.47 Å². The second-order valence-electron chi connectivity index (χ2n) is 4.98. The van der Waals surface area contributed by atoms with Crippen LogP contribution in [0.15, 0.2) is 0 Å². The smallest absolute Gasteiger partial charge is 0.186 e. The fourth-order valence-corrected chi connectivity index (χ4v) is 2.11. The lowest BCUT2D eigenvalue weighted by Crippen LogP contribution is -2.59. The zero-order chi connectivity index (χ0) is 14.3. The first-order valence-electron chi connectivity index (χ1n) is 7.04. The molecule has 1 aliphatic rings. The minimum atomic E-state index is -1.36. The van der Waals surface area contributed by atoms with E-state index in [2.05, 4.69) is 6.92 Å². The molecule has 0 amide bonds. The largest absolute Gasteiger partial charge is 0.394 e. The van der Waals surface area contributed by atoms with Crippen molar-refractivity contribution in [3.63, 3.8) is 0 Å². The van der Waals surface area contributed by atoms with E-state index in [0.717, 1.165) is 19.3 Å². The molecule has 19 heavy (non-hydrogen) atoms. The lowest BCUT2D eigenvalue weighted by Gasteiger charge is -2.39. The van der Waals surface area contributed by atoms with Crippen LogP contribution in [0.1, 0.15) is 39.0 Å². The van der Waals surface area contributed by atoms with Gasteiger partial charge in [-0.1, -0.05) is 32.6 Å². The SMILES string of the molecule is CCCCCCCO[C@@H]1OC(CO)[C@H](O)[C@H](O)C1O. The van der Waals surface area contributed by atoms with Gasteiger partial charge in [0.1, 0.15) is 24.4 Å². The minimum absolute atomic E-state index is 0.423. The first-order chi connectivity index (χ1) is 9.11. The van der Waals surface area contributed by atoms with Crippen molar-refractivity contribution in [2.45, 2.75) is 69.7 Å². The van der Waals surface area contributed by atoms with E-state index in [1.807, 2.05) is 0 Å². The number of hydrogen-bond acceptors (Lipinski definition) is 6. The fraction of sp³-hybridized carbons (Fsp3) is 1.00. The quantitative estimate of drug-likeness (QED) is 0.458. The summed E-state index contributed by atoms with van der Waals surface area (Å²) >= 11 is 0. The maximum absolute atomic E-state index is 9.72. The lowest BCUT2D eigenvalue weighted by atomic mass is 9.99. The number of ether oxygens (including phenoxy) is 2. The minimum Gasteiger partial charge on any atom is -0.394 e. The van der Waals surface area contributed by atoms with Crippen LogP contribution in [0.3, 0.4) is 0 Å². The molecule has 0 bridgehead atoms. The number of unbranched alkanes of at least 4 members (excludes halogenated alkanes) is 4. The van der Waals surface area contributed by atoms with Gasteiger partial charge in [0.05, 0.1) is 6.61 Å². The second kappa shape index (κ2) is 8.84. The molecule has 6 heteroatoms. The fourth-order valence-electron chi connectivity index (χ4n) is 2.11. The van der Waals surface area contributed by atoms with Gasteiger partial charge in [-0.15, -0.1) is 0 Å². The van der Waals surface area contributed by atoms with Crippen molar-refractivity contribution in [1.82, 2.24) is 0 Å². The summed E-state index contributed by atoms with van der Waals surface area (Å²) in [6, 6.07) is 0. The van der Waals surface area contributed by atoms with Gasteiger partial charge >= 0.3 is 0 Å². The molecule has 1 fully saturated rings. The van der Waals surface area contributed by atoms with Gasteiger partial charge in [0.2, 0.25) is 0 Å². The molecular weight excluding hydrogens is 252 g/mol. The van der Waals surface area contributed by atoms with E-state index in [1.165, 1.54) is 12.8 Å². The van der Waals surface area contributed by atoms with Crippen molar-refractivity contribution >= 4 is 0 Å². The molecule has 4 N–H and O–H groups in total. The van der Waals surface area contributed by atoms with Gasteiger partial charge in [0.15, 0.2) is 6.29 Å². The molecule has 6 nitrogen and oxygen atoms in total. The van der Waals surface area contributed by atoms with E-state index >= 15 is 0 Å². The Morgan fingerprint density at radius 1 is 0.947 bits per heavy atom. The van der Waals surface area contributed by atoms with E-state index in [-0.39, 0.29) is 0 Å². The highest BCUT2D eigenvalue weighted by molar-refractivity contribution is 4.88. The molecule has 1 rings (SSSR count). The highest BCUT2D eigenvalue weighted by Gasteiger charge is 2.43. The molecular formula is C13H26O6. The topological polar surface area (TPSA) is 99.4 Å². The Balaban J connectivity index is 2.28. The molecule has 0 spiro atoms. The molecule has 1 aliphatic heterocycles. The maximum Gasteiger partial charge on any atom is 0.186 e. The number of rotatable bonds is 8. The highest BCUT2D eigenvalue weighted by Crippen LogP contribution is 2.22. The van der Waals surface area contributed by atoms with Crippen molar-refractivity contribution in [2.75, 3.05) is 13.2 Å². The van der Waals surface area contributed by atoms with Crippen LogP contribution in [0.25, 0.3) is 0 Å². The van der Waals surface area contributed by atoms with Crippen LogP contribution in [0, 0.1) is 0 Å². The van der Waals surface area contributed by atoms with Crippen LogP contribution in [0.4, 0.5) is 0 Å². The van der Waals surface area contributed by atoms with Gasteiger partial charge in [0, 0.05) is 6.61 Å². The Hall–Kier alpha value is -0.240. The van der Waals surface area contributed by atoms with Gasteiger partial charge in [-0.05, 0) is 6.42 Å². The number of aliphatic hydroxyl groups excluding tert-OH is 4. The van der Waals surface area contributed by atoms with Crippen molar-refractivity contribution in [3.05, 3.63) is 0 Å². The first-order valence-corrected chi connectivity index (χ1v) is 7.04. The highest BCUT2D eigenvalue weighted by atomic mass is 16.7. The third-order valence-electron chi connectivity index (χ3n) is 3.38. The van der Waals surface area contributed by atoms with Gasteiger partial charge < -0.3 is 29.9 Å². The first kappa shape index (κ1) is 16.8. The van der Waals surface area contributed by atoms with E-state index in [0.29, 0.717) is 6.61 Å². The van der Waals surface area contributed by atoms with Crippen molar-refractivity contribution in [2.24, 2.45) is 0 Å². The summed E-state index contributed by atoms with van der Waals surface area (Å²) < 4.78 is 10.6. The number of hydrogen-bond donors (Lipinski definition) is 4. The standard InChI is InChI=1S/C13H26O6/c1-2-3-4-5-6-7-18-13-12(17)11(16)10(15)9(8-14)19-13/h9-17H,2-8H2,1H3/t9?,10-,11-,12?,13+/m0/s1. The Morgan fingerprint density at radius 3 is 2.26 bits per heavy atom. The number of aliphatic hydroxyl groups is 4. The molecule has 0 aromatic heterocycles.